The van der Waals surface area contributed by atoms with Gasteiger partial charge in [0.25, 0.3) is 0 Å². The molecule has 1 aliphatic rings. The molecule has 0 spiro atoms. The fourth-order valence-electron chi connectivity index (χ4n) is 3.10. The average molecular weight is 338 g/mol. The summed E-state index contributed by atoms with van der Waals surface area (Å²) >= 11 is 0. The van der Waals surface area contributed by atoms with Gasteiger partial charge in [0.15, 0.2) is 0 Å². The van der Waals surface area contributed by atoms with Gasteiger partial charge in [-0.2, -0.15) is 0 Å². The lowest BCUT2D eigenvalue weighted by molar-refractivity contribution is -0.126. The monoisotopic (exact) mass is 338 g/mol. The number of benzene rings is 2. The van der Waals surface area contributed by atoms with Crippen LogP contribution in [0.1, 0.15) is 17.5 Å². The normalized spacial score (nSPS) is 16.8. The first kappa shape index (κ1) is 17.0. The predicted octanol–water partition coefficient (Wildman–Crippen LogP) is 2.67. The molecule has 1 aliphatic heterocycles. The number of nitrogens with zero attached hydrogens (tertiary/aromatic N) is 1. The van der Waals surface area contributed by atoms with Crippen LogP contribution in [-0.2, 0) is 16.1 Å². The standard InChI is InChI=1S/C20H22N2O3/c1-14-6-5-8-17(10-14)22-13-16(11-19(22)23)20(24)21-12-15-7-3-4-9-18(15)25-2/h3-10,16H,11-13H2,1-2H3,(H,21,24)/t16-/m0/s1. The van der Waals surface area contributed by atoms with E-state index in [0.717, 1.165) is 22.6 Å². The first-order valence-corrected chi connectivity index (χ1v) is 8.35. The first-order chi connectivity index (χ1) is 12.1. The third-order valence-corrected chi connectivity index (χ3v) is 4.45. The maximum absolute atomic E-state index is 12.5. The summed E-state index contributed by atoms with van der Waals surface area (Å²) in [7, 11) is 1.61. The number of hydrogen-bond donors (Lipinski definition) is 1. The van der Waals surface area contributed by atoms with Crippen LogP contribution in [0.3, 0.4) is 0 Å². The summed E-state index contributed by atoms with van der Waals surface area (Å²) in [6.45, 7) is 2.79. The second kappa shape index (κ2) is 7.38. The molecule has 5 nitrogen and oxygen atoms in total. The number of nitrogens with one attached hydrogen (secondary N) is 1. The minimum Gasteiger partial charge on any atom is -0.496 e. The molecule has 2 aromatic rings. The highest BCUT2D eigenvalue weighted by molar-refractivity contribution is 6.00. The van der Waals surface area contributed by atoms with Gasteiger partial charge >= 0.3 is 0 Å². The molecule has 0 saturated carbocycles. The van der Waals surface area contributed by atoms with E-state index in [-0.39, 0.29) is 24.2 Å². The Morgan fingerprint density at radius 3 is 2.80 bits per heavy atom. The van der Waals surface area contributed by atoms with Crippen molar-refractivity contribution < 1.29 is 14.3 Å². The Morgan fingerprint density at radius 2 is 2.04 bits per heavy atom. The van der Waals surface area contributed by atoms with Crippen molar-refractivity contribution in [3.05, 3.63) is 59.7 Å². The third-order valence-electron chi connectivity index (χ3n) is 4.45. The van der Waals surface area contributed by atoms with Gasteiger partial charge in [0.2, 0.25) is 11.8 Å². The molecule has 1 saturated heterocycles. The molecule has 130 valence electrons. The maximum Gasteiger partial charge on any atom is 0.227 e. The van der Waals surface area contributed by atoms with Gasteiger partial charge in [-0.15, -0.1) is 0 Å². The number of carbonyl (C=O) groups is 2. The minimum absolute atomic E-state index is 0.0111. The highest BCUT2D eigenvalue weighted by Crippen LogP contribution is 2.26. The van der Waals surface area contributed by atoms with Crippen molar-refractivity contribution in [1.82, 2.24) is 5.32 Å². The first-order valence-electron chi connectivity index (χ1n) is 8.35. The molecule has 1 heterocycles. The molecule has 1 fully saturated rings. The molecule has 0 aliphatic carbocycles. The molecule has 0 radical (unpaired) electrons. The van der Waals surface area contributed by atoms with Gasteiger partial charge in [-0.1, -0.05) is 30.3 Å². The number of hydrogen-bond acceptors (Lipinski definition) is 3. The number of anilines is 1. The van der Waals surface area contributed by atoms with Crippen molar-refractivity contribution in [3.63, 3.8) is 0 Å². The Balaban J connectivity index is 1.63. The Kier molecular flexibility index (Phi) is 5.03. The van der Waals surface area contributed by atoms with Gasteiger partial charge in [0.05, 0.1) is 13.0 Å². The topological polar surface area (TPSA) is 58.6 Å². The lowest BCUT2D eigenvalue weighted by Gasteiger charge is -2.17. The third kappa shape index (κ3) is 3.82. The molecule has 3 rings (SSSR count). The van der Waals surface area contributed by atoms with E-state index in [9.17, 15) is 9.59 Å². The number of methoxy groups -OCH3 is 1. The highest BCUT2D eigenvalue weighted by Gasteiger charge is 2.35. The van der Waals surface area contributed by atoms with E-state index in [2.05, 4.69) is 5.32 Å². The summed E-state index contributed by atoms with van der Waals surface area (Å²) in [5, 5.41) is 2.92. The van der Waals surface area contributed by atoms with Crippen molar-refractivity contribution in [3.8, 4) is 5.75 Å². The Labute approximate surface area is 147 Å². The van der Waals surface area contributed by atoms with Crippen LogP contribution >= 0.6 is 0 Å². The number of carbonyl (C=O) groups excluding carboxylic acids is 2. The second-order valence-electron chi connectivity index (χ2n) is 6.27. The van der Waals surface area contributed by atoms with E-state index in [1.165, 1.54) is 0 Å². The number of para-hydroxylation sites is 1. The fraction of sp³-hybridized carbons (Fsp3) is 0.300. The van der Waals surface area contributed by atoms with E-state index in [1.54, 1.807) is 12.0 Å². The zero-order valence-electron chi connectivity index (χ0n) is 14.5. The van der Waals surface area contributed by atoms with E-state index >= 15 is 0 Å². The number of rotatable bonds is 5. The molecular formula is C20H22N2O3. The van der Waals surface area contributed by atoms with Crippen LogP contribution in [0.2, 0.25) is 0 Å². The Bertz CT molecular complexity index is 788. The van der Waals surface area contributed by atoms with Crippen molar-refractivity contribution in [2.75, 3.05) is 18.6 Å². The van der Waals surface area contributed by atoms with Crippen LogP contribution < -0.4 is 15.0 Å². The van der Waals surface area contributed by atoms with Crippen LogP contribution in [-0.4, -0.2) is 25.5 Å². The zero-order chi connectivity index (χ0) is 17.8. The molecule has 5 heteroatoms. The van der Waals surface area contributed by atoms with Crippen LogP contribution in [0, 0.1) is 12.8 Å². The van der Waals surface area contributed by atoms with Gasteiger partial charge in [0, 0.05) is 30.8 Å². The summed E-state index contributed by atoms with van der Waals surface area (Å²) in [6, 6.07) is 15.3. The highest BCUT2D eigenvalue weighted by atomic mass is 16.5. The number of aryl methyl sites for hydroxylation is 1. The lowest BCUT2D eigenvalue weighted by atomic mass is 10.1. The SMILES string of the molecule is COc1ccccc1CNC(=O)[C@H]1CC(=O)N(c2cccc(C)c2)C1. The molecule has 25 heavy (non-hydrogen) atoms. The Hall–Kier alpha value is -2.82. The summed E-state index contributed by atoms with van der Waals surface area (Å²) in [4.78, 5) is 26.5. The van der Waals surface area contributed by atoms with Crippen LogP contribution in [0.4, 0.5) is 5.69 Å². The molecule has 0 bridgehead atoms. The zero-order valence-corrected chi connectivity index (χ0v) is 14.5. The molecule has 2 amide bonds. The summed E-state index contributed by atoms with van der Waals surface area (Å²) in [5.41, 5.74) is 2.86. The summed E-state index contributed by atoms with van der Waals surface area (Å²) in [6.07, 6.45) is 0.242. The van der Waals surface area contributed by atoms with Gasteiger partial charge in [-0.05, 0) is 30.7 Å². The smallest absolute Gasteiger partial charge is 0.227 e. The van der Waals surface area contributed by atoms with Crippen LogP contribution in [0.5, 0.6) is 5.75 Å². The van der Waals surface area contributed by atoms with Crippen LogP contribution in [0.15, 0.2) is 48.5 Å². The molecule has 0 aromatic heterocycles. The molecule has 1 N–H and O–H groups in total. The summed E-state index contributed by atoms with van der Waals surface area (Å²) in [5.74, 6) is 0.298. The van der Waals surface area contributed by atoms with Crippen molar-refractivity contribution in [2.45, 2.75) is 19.9 Å². The van der Waals surface area contributed by atoms with Crippen LogP contribution in [0.25, 0.3) is 0 Å². The largest absolute Gasteiger partial charge is 0.496 e. The van der Waals surface area contributed by atoms with Crippen molar-refractivity contribution in [2.24, 2.45) is 5.92 Å². The second-order valence-corrected chi connectivity index (χ2v) is 6.27. The maximum atomic E-state index is 12.5. The fourth-order valence-corrected chi connectivity index (χ4v) is 3.10. The summed E-state index contributed by atoms with van der Waals surface area (Å²) < 4.78 is 5.29. The van der Waals surface area contributed by atoms with Gasteiger partial charge in [-0.3, -0.25) is 9.59 Å². The van der Waals surface area contributed by atoms with Gasteiger partial charge in [0.1, 0.15) is 5.75 Å². The molecule has 0 unspecified atom stereocenters. The quantitative estimate of drug-likeness (QED) is 0.912. The molecule has 2 aromatic carbocycles. The minimum atomic E-state index is -0.331. The van der Waals surface area contributed by atoms with E-state index in [4.69, 9.17) is 4.74 Å². The molecule has 1 atom stereocenters. The predicted molar refractivity (Wildman–Crippen MR) is 96.5 cm³/mol. The Morgan fingerprint density at radius 1 is 1.24 bits per heavy atom. The molecular weight excluding hydrogens is 316 g/mol. The van der Waals surface area contributed by atoms with Gasteiger partial charge in [-0.25, -0.2) is 0 Å². The number of amides is 2. The van der Waals surface area contributed by atoms with E-state index < -0.39 is 0 Å². The van der Waals surface area contributed by atoms with E-state index in [1.807, 2.05) is 55.5 Å². The number of ether oxygens (including phenoxy) is 1. The van der Waals surface area contributed by atoms with Crippen molar-refractivity contribution >= 4 is 17.5 Å². The average Bonchev–Trinajstić information content (AvgIpc) is 3.02. The van der Waals surface area contributed by atoms with Gasteiger partial charge < -0.3 is 15.0 Å². The lowest BCUT2D eigenvalue weighted by Crippen LogP contribution is -2.32. The van der Waals surface area contributed by atoms with E-state index in [0.29, 0.717) is 13.1 Å². The van der Waals surface area contributed by atoms with Crippen molar-refractivity contribution in [1.29, 1.82) is 0 Å².